The first-order chi connectivity index (χ1) is 10.5. The number of carbonyl (C=O) groups excluding carboxylic acids is 1. The van der Waals surface area contributed by atoms with Gasteiger partial charge in [0.25, 0.3) is 5.91 Å². The molecule has 0 spiro atoms. The highest BCUT2D eigenvalue weighted by molar-refractivity contribution is 8.26. The summed E-state index contributed by atoms with van der Waals surface area (Å²) in [6, 6.07) is 9.92. The number of carbonyl (C=O) groups is 1. The molecule has 22 heavy (non-hydrogen) atoms. The second-order valence-corrected chi connectivity index (χ2v) is 6.83. The van der Waals surface area contributed by atoms with E-state index in [4.69, 9.17) is 17.0 Å². The SMILES string of the molecule is CC(/C=C1\SC(=S)N(CC2OC2O)C1=O)=C\c1ccccc1. The number of amides is 1. The van der Waals surface area contributed by atoms with Gasteiger partial charge < -0.3 is 9.84 Å². The normalized spacial score (nSPS) is 26.9. The molecule has 0 radical (unpaired) electrons. The Morgan fingerprint density at radius 1 is 1.45 bits per heavy atom. The molecule has 3 rings (SSSR count). The Kier molecular flexibility index (Phi) is 4.44. The molecule has 0 aromatic heterocycles. The van der Waals surface area contributed by atoms with Crippen LogP contribution in [0.2, 0.25) is 0 Å². The molecule has 0 bridgehead atoms. The third-order valence-electron chi connectivity index (χ3n) is 3.34. The highest BCUT2D eigenvalue weighted by Gasteiger charge is 2.43. The van der Waals surface area contributed by atoms with Crippen molar-refractivity contribution >= 4 is 40.3 Å². The second-order valence-electron chi connectivity index (χ2n) is 5.16. The van der Waals surface area contributed by atoms with Gasteiger partial charge in [0.1, 0.15) is 10.4 Å². The van der Waals surface area contributed by atoms with Crippen molar-refractivity contribution in [2.75, 3.05) is 6.54 Å². The molecule has 2 atom stereocenters. The zero-order chi connectivity index (χ0) is 15.7. The number of hydrogen-bond donors (Lipinski definition) is 1. The van der Waals surface area contributed by atoms with E-state index in [-0.39, 0.29) is 12.0 Å². The van der Waals surface area contributed by atoms with Crippen LogP contribution in [-0.2, 0) is 9.53 Å². The Labute approximate surface area is 138 Å². The first-order valence-corrected chi connectivity index (χ1v) is 8.09. The average molecular weight is 333 g/mol. The summed E-state index contributed by atoms with van der Waals surface area (Å²) >= 11 is 6.52. The van der Waals surface area contributed by atoms with E-state index in [1.807, 2.05) is 49.4 Å². The minimum Gasteiger partial charge on any atom is -0.366 e. The van der Waals surface area contributed by atoms with Crippen LogP contribution >= 0.6 is 24.0 Å². The Balaban J connectivity index is 1.73. The Morgan fingerprint density at radius 3 is 2.77 bits per heavy atom. The highest BCUT2D eigenvalue weighted by atomic mass is 32.2. The van der Waals surface area contributed by atoms with Crippen LogP contribution in [0.25, 0.3) is 6.08 Å². The molecule has 2 aliphatic rings. The number of rotatable bonds is 4. The molecule has 1 aromatic carbocycles. The molecule has 4 nitrogen and oxygen atoms in total. The van der Waals surface area contributed by atoms with Crippen molar-refractivity contribution in [2.24, 2.45) is 0 Å². The first kappa shape index (κ1) is 15.4. The third kappa shape index (κ3) is 3.47. The number of epoxide rings is 1. The molecule has 1 aromatic rings. The number of allylic oxidation sites excluding steroid dienone is 2. The molecule has 2 heterocycles. The molecule has 1 amide bonds. The van der Waals surface area contributed by atoms with Crippen molar-refractivity contribution in [3.63, 3.8) is 0 Å². The van der Waals surface area contributed by atoms with Crippen molar-refractivity contribution in [3.05, 3.63) is 52.4 Å². The fourth-order valence-electron chi connectivity index (χ4n) is 2.16. The maximum atomic E-state index is 12.4. The van der Waals surface area contributed by atoms with E-state index in [2.05, 4.69) is 0 Å². The van der Waals surface area contributed by atoms with Crippen LogP contribution in [0.3, 0.4) is 0 Å². The second kappa shape index (κ2) is 6.34. The van der Waals surface area contributed by atoms with Gasteiger partial charge in [-0.25, -0.2) is 0 Å². The molecule has 2 unspecified atom stereocenters. The predicted molar refractivity (Wildman–Crippen MR) is 91.0 cm³/mol. The zero-order valence-electron chi connectivity index (χ0n) is 11.9. The minimum atomic E-state index is -0.770. The Bertz CT molecular complexity index is 669. The molecule has 114 valence electrons. The molecular weight excluding hydrogens is 318 g/mol. The summed E-state index contributed by atoms with van der Waals surface area (Å²) in [6.45, 7) is 2.26. The summed E-state index contributed by atoms with van der Waals surface area (Å²) in [4.78, 5) is 14.4. The van der Waals surface area contributed by atoms with Crippen LogP contribution < -0.4 is 0 Å². The number of benzene rings is 1. The van der Waals surface area contributed by atoms with E-state index in [9.17, 15) is 9.90 Å². The molecular formula is C16H15NO3S2. The van der Waals surface area contributed by atoms with Gasteiger partial charge >= 0.3 is 0 Å². The van der Waals surface area contributed by atoms with E-state index >= 15 is 0 Å². The summed E-state index contributed by atoms with van der Waals surface area (Å²) in [6.07, 6.45) is 2.77. The number of thiocarbonyl (C=S) groups is 1. The van der Waals surface area contributed by atoms with Crippen molar-refractivity contribution in [1.82, 2.24) is 4.90 Å². The van der Waals surface area contributed by atoms with Crippen LogP contribution in [0, 0.1) is 0 Å². The number of ether oxygens (including phenoxy) is 1. The van der Waals surface area contributed by atoms with E-state index in [0.717, 1.165) is 11.1 Å². The minimum absolute atomic E-state index is 0.126. The van der Waals surface area contributed by atoms with Crippen LogP contribution in [-0.4, -0.2) is 39.2 Å². The van der Waals surface area contributed by atoms with Gasteiger partial charge in [0.05, 0.1) is 11.4 Å². The van der Waals surface area contributed by atoms with Crippen LogP contribution in [0.4, 0.5) is 0 Å². The smallest absolute Gasteiger partial charge is 0.266 e. The lowest BCUT2D eigenvalue weighted by atomic mass is 10.1. The van der Waals surface area contributed by atoms with Gasteiger partial charge in [-0.1, -0.05) is 60.4 Å². The van der Waals surface area contributed by atoms with Gasteiger partial charge in [0, 0.05) is 0 Å². The van der Waals surface area contributed by atoms with Crippen molar-refractivity contribution in [2.45, 2.75) is 19.3 Å². The molecule has 2 saturated heterocycles. The predicted octanol–water partition coefficient (Wildman–Crippen LogP) is 2.55. The quantitative estimate of drug-likeness (QED) is 0.521. The lowest BCUT2D eigenvalue weighted by Crippen LogP contribution is -2.32. The zero-order valence-corrected chi connectivity index (χ0v) is 13.6. The number of aliphatic hydroxyl groups is 1. The third-order valence-corrected chi connectivity index (χ3v) is 4.72. The fourth-order valence-corrected chi connectivity index (χ4v) is 3.49. The number of nitrogens with zero attached hydrogens (tertiary/aromatic N) is 1. The van der Waals surface area contributed by atoms with E-state index in [1.165, 1.54) is 16.7 Å². The largest absolute Gasteiger partial charge is 0.366 e. The van der Waals surface area contributed by atoms with Gasteiger partial charge in [-0.2, -0.15) is 0 Å². The van der Waals surface area contributed by atoms with Crippen LogP contribution in [0.15, 0.2) is 46.9 Å². The molecule has 2 fully saturated rings. The van der Waals surface area contributed by atoms with Gasteiger partial charge in [-0.15, -0.1) is 0 Å². The van der Waals surface area contributed by atoms with E-state index < -0.39 is 6.29 Å². The molecule has 6 heteroatoms. The van der Waals surface area contributed by atoms with Crippen LogP contribution in [0.1, 0.15) is 12.5 Å². The molecule has 2 aliphatic heterocycles. The topological polar surface area (TPSA) is 53.1 Å². The standard InChI is InChI=1S/C16H15NO3S2/c1-10(7-11-5-3-2-4-6-11)8-13-14(18)17(16(21)22-13)9-12-15(19)20-12/h2-8,12,15,19H,9H2,1H3/b10-7+,13-8-. The maximum Gasteiger partial charge on any atom is 0.266 e. The summed E-state index contributed by atoms with van der Waals surface area (Å²) in [5.74, 6) is -0.126. The Morgan fingerprint density at radius 2 is 2.14 bits per heavy atom. The monoisotopic (exact) mass is 333 g/mol. The average Bonchev–Trinajstić information content (AvgIpc) is 3.12. The Hall–Kier alpha value is -1.47. The van der Waals surface area contributed by atoms with Crippen molar-refractivity contribution < 1.29 is 14.6 Å². The van der Waals surface area contributed by atoms with Gasteiger partial charge in [0.2, 0.25) is 0 Å². The summed E-state index contributed by atoms with van der Waals surface area (Å²) in [7, 11) is 0. The van der Waals surface area contributed by atoms with Gasteiger partial charge in [0.15, 0.2) is 6.29 Å². The number of aliphatic hydroxyl groups excluding tert-OH is 1. The highest BCUT2D eigenvalue weighted by Crippen LogP contribution is 2.34. The first-order valence-electron chi connectivity index (χ1n) is 6.87. The van der Waals surface area contributed by atoms with E-state index in [0.29, 0.717) is 15.8 Å². The van der Waals surface area contributed by atoms with Gasteiger partial charge in [-0.3, -0.25) is 9.69 Å². The van der Waals surface area contributed by atoms with E-state index in [1.54, 1.807) is 0 Å². The van der Waals surface area contributed by atoms with Crippen LogP contribution in [0.5, 0.6) is 0 Å². The molecule has 0 saturated carbocycles. The lowest BCUT2D eigenvalue weighted by molar-refractivity contribution is -0.122. The maximum absolute atomic E-state index is 12.4. The molecule has 1 N–H and O–H groups in total. The summed E-state index contributed by atoms with van der Waals surface area (Å²) in [5, 5.41) is 9.20. The number of thioether (sulfide) groups is 1. The summed E-state index contributed by atoms with van der Waals surface area (Å²) < 4.78 is 5.44. The lowest BCUT2D eigenvalue weighted by Gasteiger charge is -2.11. The summed E-state index contributed by atoms with van der Waals surface area (Å²) in [5.41, 5.74) is 2.07. The number of hydrogen-bond acceptors (Lipinski definition) is 5. The molecule has 0 aliphatic carbocycles. The van der Waals surface area contributed by atoms with Crippen molar-refractivity contribution in [1.29, 1.82) is 0 Å². The van der Waals surface area contributed by atoms with Gasteiger partial charge in [-0.05, 0) is 24.1 Å². The fraction of sp³-hybridized carbons (Fsp3) is 0.250. The van der Waals surface area contributed by atoms with Crippen molar-refractivity contribution in [3.8, 4) is 0 Å².